The van der Waals surface area contributed by atoms with Gasteiger partial charge >= 0.3 is 11.8 Å². The molecule has 2 aromatic carbocycles. The molecule has 1 aromatic heterocycles. The van der Waals surface area contributed by atoms with Crippen molar-refractivity contribution in [1.82, 2.24) is 0 Å². The Morgan fingerprint density at radius 1 is 1.10 bits per heavy atom. The van der Waals surface area contributed by atoms with Gasteiger partial charge in [0.15, 0.2) is 0 Å². The SMILES string of the molecule is CC1=CC(C)(C)Nc2ccc3c(c21)c(=O)oc1cc(OC(=O)OC(C)(C)C)ccc13. The number of hydrogen-bond acceptors (Lipinski definition) is 6. The summed E-state index contributed by atoms with van der Waals surface area (Å²) < 4.78 is 16.0. The van der Waals surface area contributed by atoms with Gasteiger partial charge in [-0.25, -0.2) is 9.59 Å². The van der Waals surface area contributed by atoms with Gasteiger partial charge in [0.05, 0.1) is 10.9 Å². The predicted octanol–water partition coefficient (Wildman–Crippen LogP) is 5.87. The van der Waals surface area contributed by atoms with Crippen molar-refractivity contribution in [3.63, 3.8) is 0 Å². The molecule has 156 valence electrons. The van der Waals surface area contributed by atoms with Crippen LogP contribution in [-0.2, 0) is 4.74 Å². The van der Waals surface area contributed by atoms with Crippen LogP contribution in [0.5, 0.6) is 5.75 Å². The molecule has 0 atom stereocenters. The molecular weight excluding hydrogens is 382 g/mol. The number of nitrogens with one attached hydrogen (secondary N) is 1. The fourth-order valence-corrected chi connectivity index (χ4v) is 3.94. The Kier molecular flexibility index (Phi) is 4.42. The van der Waals surface area contributed by atoms with Gasteiger partial charge < -0.3 is 19.2 Å². The molecule has 0 bridgehead atoms. The third-order valence-corrected chi connectivity index (χ3v) is 4.87. The zero-order valence-corrected chi connectivity index (χ0v) is 18.0. The molecule has 0 fully saturated rings. The van der Waals surface area contributed by atoms with Crippen molar-refractivity contribution < 1.29 is 18.7 Å². The molecule has 1 aliphatic rings. The Bertz CT molecular complexity index is 1270. The van der Waals surface area contributed by atoms with E-state index in [4.69, 9.17) is 13.9 Å². The average Bonchev–Trinajstić information content (AvgIpc) is 2.58. The van der Waals surface area contributed by atoms with Crippen molar-refractivity contribution in [2.24, 2.45) is 0 Å². The molecule has 6 nitrogen and oxygen atoms in total. The largest absolute Gasteiger partial charge is 0.514 e. The van der Waals surface area contributed by atoms with Crippen LogP contribution in [0.4, 0.5) is 10.5 Å². The van der Waals surface area contributed by atoms with Crippen LogP contribution in [0.15, 0.2) is 45.6 Å². The highest BCUT2D eigenvalue weighted by molar-refractivity contribution is 6.10. The Hall–Kier alpha value is -3.28. The quantitative estimate of drug-likeness (QED) is 0.235. The Morgan fingerprint density at radius 3 is 2.50 bits per heavy atom. The van der Waals surface area contributed by atoms with Crippen LogP contribution >= 0.6 is 0 Å². The molecule has 0 amide bonds. The molecule has 0 saturated heterocycles. The first kappa shape index (κ1) is 20.0. The van der Waals surface area contributed by atoms with Crippen molar-refractivity contribution in [3.8, 4) is 5.75 Å². The van der Waals surface area contributed by atoms with Gasteiger partial charge in [0.25, 0.3) is 0 Å². The van der Waals surface area contributed by atoms with E-state index in [0.717, 1.165) is 27.6 Å². The van der Waals surface area contributed by atoms with Gasteiger partial charge in [-0.05, 0) is 65.3 Å². The van der Waals surface area contributed by atoms with E-state index in [-0.39, 0.29) is 11.3 Å². The number of rotatable bonds is 1. The number of fused-ring (bicyclic) bond motifs is 5. The van der Waals surface area contributed by atoms with E-state index in [1.165, 1.54) is 6.07 Å². The van der Waals surface area contributed by atoms with Gasteiger partial charge in [-0.2, -0.15) is 0 Å². The van der Waals surface area contributed by atoms with Gasteiger partial charge in [-0.15, -0.1) is 0 Å². The molecule has 30 heavy (non-hydrogen) atoms. The van der Waals surface area contributed by atoms with Gasteiger partial charge in [-0.3, -0.25) is 0 Å². The lowest BCUT2D eigenvalue weighted by atomic mass is 9.88. The third kappa shape index (κ3) is 3.65. The summed E-state index contributed by atoms with van der Waals surface area (Å²) in [4.78, 5) is 24.9. The number of hydrogen-bond donors (Lipinski definition) is 1. The van der Waals surface area contributed by atoms with E-state index in [9.17, 15) is 9.59 Å². The van der Waals surface area contributed by atoms with Crippen LogP contribution < -0.4 is 15.7 Å². The molecule has 1 N–H and O–H groups in total. The fourth-order valence-electron chi connectivity index (χ4n) is 3.94. The molecule has 3 aromatic rings. The lowest BCUT2D eigenvalue weighted by Crippen LogP contribution is -2.31. The third-order valence-electron chi connectivity index (χ3n) is 4.87. The fraction of sp³-hybridized carbons (Fsp3) is 0.333. The highest BCUT2D eigenvalue weighted by Crippen LogP contribution is 2.39. The summed E-state index contributed by atoms with van der Waals surface area (Å²) in [5.74, 6) is 0.247. The van der Waals surface area contributed by atoms with E-state index in [2.05, 4.69) is 25.2 Å². The number of carbonyl (C=O) groups is 1. The van der Waals surface area contributed by atoms with Crippen molar-refractivity contribution in [2.45, 2.75) is 52.7 Å². The lowest BCUT2D eigenvalue weighted by molar-refractivity contribution is 0.0206. The maximum Gasteiger partial charge on any atom is 0.514 e. The molecule has 0 radical (unpaired) electrons. The molecule has 0 spiro atoms. The van der Waals surface area contributed by atoms with Crippen molar-refractivity contribution >= 4 is 39.2 Å². The van der Waals surface area contributed by atoms with Crippen LogP contribution in [-0.4, -0.2) is 17.3 Å². The summed E-state index contributed by atoms with van der Waals surface area (Å²) in [7, 11) is 0. The minimum Gasteiger partial charge on any atom is -0.428 e. The van der Waals surface area contributed by atoms with Crippen LogP contribution in [0.25, 0.3) is 27.3 Å². The maximum absolute atomic E-state index is 12.9. The second-order valence-electron chi connectivity index (χ2n) is 9.20. The number of ether oxygens (including phenoxy) is 2. The normalized spacial score (nSPS) is 15.3. The van der Waals surface area contributed by atoms with E-state index in [0.29, 0.717) is 11.0 Å². The Morgan fingerprint density at radius 2 is 1.80 bits per heavy atom. The second-order valence-corrected chi connectivity index (χ2v) is 9.20. The average molecular weight is 407 g/mol. The van der Waals surface area contributed by atoms with E-state index in [1.54, 1.807) is 32.9 Å². The highest BCUT2D eigenvalue weighted by Gasteiger charge is 2.26. The summed E-state index contributed by atoms with van der Waals surface area (Å²) in [5.41, 5.74) is 1.84. The van der Waals surface area contributed by atoms with Crippen LogP contribution in [0, 0.1) is 0 Å². The summed E-state index contributed by atoms with van der Waals surface area (Å²) >= 11 is 0. The zero-order valence-electron chi connectivity index (χ0n) is 18.0. The van der Waals surface area contributed by atoms with Crippen LogP contribution in [0.2, 0.25) is 0 Å². The topological polar surface area (TPSA) is 77.8 Å². The minimum absolute atomic E-state index is 0.199. The first-order valence-corrected chi connectivity index (χ1v) is 9.86. The highest BCUT2D eigenvalue weighted by atomic mass is 16.7. The van der Waals surface area contributed by atoms with Crippen molar-refractivity contribution in [2.75, 3.05) is 5.32 Å². The number of allylic oxidation sites excluding steroid dienone is 1. The lowest BCUT2D eigenvalue weighted by Gasteiger charge is -2.31. The number of anilines is 1. The number of carbonyl (C=O) groups excluding carboxylic acids is 1. The van der Waals surface area contributed by atoms with Gasteiger partial charge in [0, 0.05) is 28.1 Å². The Labute approximate surface area is 174 Å². The molecular formula is C24H25NO5. The van der Waals surface area contributed by atoms with E-state index in [1.807, 2.05) is 19.1 Å². The molecule has 0 unspecified atom stereocenters. The van der Waals surface area contributed by atoms with Crippen LogP contribution in [0.1, 0.15) is 47.1 Å². The summed E-state index contributed by atoms with van der Waals surface area (Å²) in [6.07, 6.45) is 1.30. The molecule has 0 aliphatic carbocycles. The molecule has 2 heterocycles. The van der Waals surface area contributed by atoms with Gasteiger partial charge in [0.2, 0.25) is 0 Å². The first-order valence-electron chi connectivity index (χ1n) is 9.86. The Balaban J connectivity index is 1.83. The number of benzene rings is 2. The van der Waals surface area contributed by atoms with E-state index < -0.39 is 17.4 Å². The van der Waals surface area contributed by atoms with Crippen LogP contribution in [0.3, 0.4) is 0 Å². The molecule has 1 aliphatic heterocycles. The molecule has 4 rings (SSSR count). The standard InChI is InChI=1S/C24H25NO5/c1-13-12-24(5,6)25-17-10-9-16-15-8-7-14(28-22(27)30-23(2,3)4)11-18(15)29-21(26)20(16)19(13)17/h7-12,25H,1-6H3. The van der Waals surface area contributed by atoms with E-state index >= 15 is 0 Å². The van der Waals surface area contributed by atoms with Gasteiger partial charge in [0.1, 0.15) is 16.9 Å². The summed E-state index contributed by atoms with van der Waals surface area (Å²) in [6, 6.07) is 8.88. The predicted molar refractivity (Wildman–Crippen MR) is 118 cm³/mol. The monoisotopic (exact) mass is 407 g/mol. The smallest absolute Gasteiger partial charge is 0.428 e. The van der Waals surface area contributed by atoms with Crippen molar-refractivity contribution in [1.29, 1.82) is 0 Å². The van der Waals surface area contributed by atoms with Gasteiger partial charge in [-0.1, -0.05) is 12.1 Å². The maximum atomic E-state index is 12.9. The first-order chi connectivity index (χ1) is 13.9. The summed E-state index contributed by atoms with van der Waals surface area (Å²) in [5, 5.41) is 5.55. The molecule has 6 heteroatoms. The zero-order chi connectivity index (χ0) is 21.8. The van der Waals surface area contributed by atoms with Crippen molar-refractivity contribution in [3.05, 3.63) is 52.4 Å². The minimum atomic E-state index is -0.812. The molecule has 0 saturated carbocycles. The summed E-state index contributed by atoms with van der Waals surface area (Å²) in [6.45, 7) is 11.4. The second kappa shape index (κ2) is 6.62.